The maximum absolute atomic E-state index is 6.20. The van der Waals surface area contributed by atoms with E-state index in [0.717, 1.165) is 11.4 Å². The highest BCUT2D eigenvalue weighted by Crippen LogP contribution is 2.36. The molecule has 2 atom stereocenters. The van der Waals surface area contributed by atoms with E-state index in [4.69, 9.17) is 11.6 Å². The molecular weight excluding hydrogens is 208 g/mol. The van der Waals surface area contributed by atoms with Gasteiger partial charge in [0.15, 0.2) is 0 Å². The fraction of sp³-hybridized carbons (Fsp3) is 0.500. The number of rotatable bonds is 2. The first kappa shape index (κ1) is 10.8. The van der Waals surface area contributed by atoms with Crippen LogP contribution in [0.5, 0.6) is 0 Å². The zero-order chi connectivity index (χ0) is 11.0. The third-order valence-electron chi connectivity index (χ3n) is 3.42. The molecule has 1 aromatic carbocycles. The van der Waals surface area contributed by atoms with Gasteiger partial charge in [-0.1, -0.05) is 17.7 Å². The Morgan fingerprint density at radius 3 is 2.87 bits per heavy atom. The summed E-state index contributed by atoms with van der Waals surface area (Å²) in [6, 6.07) is 7.11. The summed E-state index contributed by atoms with van der Waals surface area (Å²) in [6.45, 7) is 2.21. The molecule has 1 heterocycles. The molecule has 0 saturated heterocycles. The smallest absolute Gasteiger partial charge is 0.0478 e. The molecule has 15 heavy (non-hydrogen) atoms. The molecule has 3 heteroatoms. The Kier molecular flexibility index (Phi) is 2.89. The first-order chi connectivity index (χ1) is 7.15. The first-order valence-corrected chi connectivity index (χ1v) is 5.70. The van der Waals surface area contributed by atoms with E-state index in [1.807, 2.05) is 19.2 Å². The summed E-state index contributed by atoms with van der Waals surface area (Å²) in [5, 5.41) is 4.20. The van der Waals surface area contributed by atoms with Gasteiger partial charge in [0, 0.05) is 29.8 Å². The second-order valence-corrected chi connectivity index (χ2v) is 4.60. The minimum absolute atomic E-state index is 0.471. The maximum atomic E-state index is 6.20. The molecule has 0 amide bonds. The van der Waals surface area contributed by atoms with Crippen LogP contribution in [0.3, 0.4) is 0 Å². The Hall–Kier alpha value is -0.730. The highest BCUT2D eigenvalue weighted by molar-refractivity contribution is 6.31. The minimum Gasteiger partial charge on any atom is -0.369 e. The Bertz CT molecular complexity index is 365. The summed E-state index contributed by atoms with van der Waals surface area (Å²) < 4.78 is 0. The molecule has 0 aromatic heterocycles. The predicted molar refractivity (Wildman–Crippen MR) is 65.9 cm³/mol. The lowest BCUT2D eigenvalue weighted by Crippen LogP contribution is -2.44. The van der Waals surface area contributed by atoms with Crippen molar-refractivity contribution in [2.45, 2.75) is 25.4 Å². The maximum Gasteiger partial charge on any atom is 0.0478 e. The van der Waals surface area contributed by atoms with Gasteiger partial charge in [0.25, 0.3) is 0 Å². The van der Waals surface area contributed by atoms with Gasteiger partial charge in [-0.25, -0.2) is 0 Å². The monoisotopic (exact) mass is 224 g/mol. The van der Waals surface area contributed by atoms with Gasteiger partial charge in [-0.15, -0.1) is 0 Å². The number of nitrogens with one attached hydrogen (secondary N) is 1. The average Bonchev–Trinajstić information content (AvgIpc) is 2.57. The molecule has 2 unspecified atom stereocenters. The van der Waals surface area contributed by atoms with Gasteiger partial charge in [0.2, 0.25) is 0 Å². The molecule has 82 valence electrons. The number of fused-ring (bicyclic) bond motifs is 1. The SMILES string of the molecule is CNC(C)C1Cc2c(Cl)cccc2N1C. The number of benzene rings is 1. The van der Waals surface area contributed by atoms with Crippen molar-refractivity contribution in [1.29, 1.82) is 0 Å². The van der Waals surface area contributed by atoms with Crippen LogP contribution >= 0.6 is 11.6 Å². The van der Waals surface area contributed by atoms with Crippen molar-refractivity contribution in [3.8, 4) is 0 Å². The predicted octanol–water partition coefficient (Wildman–Crippen LogP) is 2.31. The number of likely N-dealkylation sites (N-methyl/N-ethyl adjacent to an activating group) is 2. The molecular formula is C12H17ClN2. The number of hydrogen-bond acceptors (Lipinski definition) is 2. The highest BCUT2D eigenvalue weighted by Gasteiger charge is 2.30. The number of anilines is 1. The average molecular weight is 225 g/mol. The zero-order valence-corrected chi connectivity index (χ0v) is 10.2. The van der Waals surface area contributed by atoms with Crippen molar-refractivity contribution < 1.29 is 0 Å². The molecule has 0 saturated carbocycles. The lowest BCUT2D eigenvalue weighted by molar-refractivity contribution is 0.488. The molecule has 2 nitrogen and oxygen atoms in total. The normalized spacial score (nSPS) is 21.6. The Labute approximate surface area is 96.2 Å². The fourth-order valence-corrected chi connectivity index (χ4v) is 2.56. The second kappa shape index (κ2) is 4.03. The van der Waals surface area contributed by atoms with E-state index < -0.39 is 0 Å². The molecule has 0 aliphatic carbocycles. The van der Waals surface area contributed by atoms with Crippen molar-refractivity contribution in [3.63, 3.8) is 0 Å². The van der Waals surface area contributed by atoms with Crippen molar-refractivity contribution >= 4 is 17.3 Å². The quantitative estimate of drug-likeness (QED) is 0.830. The molecule has 0 fully saturated rings. The highest BCUT2D eigenvalue weighted by atomic mass is 35.5. The van der Waals surface area contributed by atoms with Crippen LogP contribution in [0.15, 0.2) is 18.2 Å². The standard InChI is InChI=1S/C12H17ClN2/c1-8(14-2)12-7-9-10(13)5-4-6-11(9)15(12)3/h4-6,8,12,14H,7H2,1-3H3. The van der Waals surface area contributed by atoms with Gasteiger partial charge in [0.1, 0.15) is 0 Å². The summed E-state index contributed by atoms with van der Waals surface area (Å²) in [6.07, 6.45) is 1.04. The van der Waals surface area contributed by atoms with E-state index in [0.29, 0.717) is 12.1 Å². The van der Waals surface area contributed by atoms with Crippen LogP contribution in [0.25, 0.3) is 0 Å². The van der Waals surface area contributed by atoms with E-state index in [-0.39, 0.29) is 0 Å². The third kappa shape index (κ3) is 1.72. The Balaban J connectivity index is 2.33. The summed E-state index contributed by atoms with van der Waals surface area (Å²) in [4.78, 5) is 2.32. The van der Waals surface area contributed by atoms with Crippen molar-refractivity contribution in [1.82, 2.24) is 5.32 Å². The summed E-state index contributed by atoms with van der Waals surface area (Å²) in [5.41, 5.74) is 2.56. The summed E-state index contributed by atoms with van der Waals surface area (Å²) in [5.74, 6) is 0. The zero-order valence-electron chi connectivity index (χ0n) is 9.42. The Morgan fingerprint density at radius 1 is 1.53 bits per heavy atom. The van der Waals surface area contributed by atoms with E-state index in [1.54, 1.807) is 0 Å². The van der Waals surface area contributed by atoms with E-state index >= 15 is 0 Å². The van der Waals surface area contributed by atoms with Crippen LogP contribution in [0.2, 0.25) is 5.02 Å². The van der Waals surface area contributed by atoms with Crippen LogP contribution in [-0.2, 0) is 6.42 Å². The molecule has 1 N–H and O–H groups in total. The lowest BCUT2D eigenvalue weighted by Gasteiger charge is -2.27. The van der Waals surface area contributed by atoms with E-state index in [1.165, 1.54) is 11.3 Å². The largest absolute Gasteiger partial charge is 0.369 e. The van der Waals surface area contributed by atoms with Crippen LogP contribution in [-0.4, -0.2) is 26.2 Å². The van der Waals surface area contributed by atoms with E-state index in [9.17, 15) is 0 Å². The molecule has 1 aliphatic rings. The van der Waals surface area contributed by atoms with Crippen molar-refractivity contribution in [2.24, 2.45) is 0 Å². The van der Waals surface area contributed by atoms with Gasteiger partial charge in [-0.05, 0) is 38.1 Å². The molecule has 0 radical (unpaired) electrons. The Morgan fingerprint density at radius 2 is 2.27 bits per heavy atom. The van der Waals surface area contributed by atoms with Gasteiger partial charge < -0.3 is 10.2 Å². The second-order valence-electron chi connectivity index (χ2n) is 4.20. The summed E-state index contributed by atoms with van der Waals surface area (Å²) >= 11 is 6.20. The van der Waals surface area contributed by atoms with Gasteiger partial charge >= 0.3 is 0 Å². The van der Waals surface area contributed by atoms with Crippen LogP contribution in [0.1, 0.15) is 12.5 Å². The van der Waals surface area contributed by atoms with Crippen LogP contribution < -0.4 is 10.2 Å². The lowest BCUT2D eigenvalue weighted by atomic mass is 10.0. The molecule has 2 rings (SSSR count). The van der Waals surface area contributed by atoms with Crippen LogP contribution in [0.4, 0.5) is 5.69 Å². The fourth-order valence-electron chi connectivity index (χ4n) is 2.31. The first-order valence-electron chi connectivity index (χ1n) is 5.32. The number of hydrogen-bond donors (Lipinski definition) is 1. The van der Waals surface area contributed by atoms with Crippen molar-refractivity contribution in [3.05, 3.63) is 28.8 Å². The van der Waals surface area contributed by atoms with Gasteiger partial charge in [0.05, 0.1) is 0 Å². The van der Waals surface area contributed by atoms with Crippen LogP contribution in [0, 0.1) is 0 Å². The van der Waals surface area contributed by atoms with Gasteiger partial charge in [-0.3, -0.25) is 0 Å². The molecule has 1 aliphatic heterocycles. The molecule has 0 spiro atoms. The third-order valence-corrected chi connectivity index (χ3v) is 3.77. The molecule has 0 bridgehead atoms. The minimum atomic E-state index is 0.471. The summed E-state index contributed by atoms with van der Waals surface area (Å²) in [7, 11) is 4.14. The number of nitrogens with zero attached hydrogens (tertiary/aromatic N) is 1. The topological polar surface area (TPSA) is 15.3 Å². The van der Waals surface area contributed by atoms with Crippen molar-refractivity contribution in [2.75, 3.05) is 19.0 Å². The molecule has 1 aromatic rings. The van der Waals surface area contributed by atoms with E-state index in [2.05, 4.69) is 30.3 Å². The number of halogens is 1. The van der Waals surface area contributed by atoms with Gasteiger partial charge in [-0.2, -0.15) is 0 Å².